The molecule has 0 heterocycles. The third kappa shape index (κ3) is 3.02. The van der Waals surface area contributed by atoms with E-state index in [1.54, 1.807) is 6.07 Å². The molecule has 0 amide bonds. The van der Waals surface area contributed by atoms with E-state index in [4.69, 9.17) is 4.74 Å². The van der Waals surface area contributed by atoms with Gasteiger partial charge in [-0.15, -0.1) is 0 Å². The fraction of sp³-hybridized carbons (Fsp3) is 0.150. The van der Waals surface area contributed by atoms with Crippen molar-refractivity contribution in [3.63, 3.8) is 0 Å². The minimum Gasteiger partial charge on any atom is -0.506 e. The maximum absolute atomic E-state index is 11.9. The van der Waals surface area contributed by atoms with Gasteiger partial charge in [-0.2, -0.15) is 0 Å². The van der Waals surface area contributed by atoms with Gasteiger partial charge in [-0.1, -0.05) is 52.3 Å². The van der Waals surface area contributed by atoms with Crippen molar-refractivity contribution in [1.82, 2.24) is 0 Å². The van der Waals surface area contributed by atoms with E-state index in [9.17, 15) is 9.90 Å². The van der Waals surface area contributed by atoms with Crippen molar-refractivity contribution >= 4 is 32.5 Å². The van der Waals surface area contributed by atoms with Gasteiger partial charge >= 0.3 is 0 Å². The minimum absolute atomic E-state index is 0.0137. The zero-order chi connectivity index (χ0) is 17.3. The van der Waals surface area contributed by atoms with Crippen LogP contribution in [0.4, 0.5) is 0 Å². The fourth-order valence-corrected chi connectivity index (χ4v) is 3.27. The van der Waals surface area contributed by atoms with Crippen LogP contribution in [0.3, 0.4) is 0 Å². The lowest BCUT2D eigenvalue weighted by atomic mass is 9.97. The van der Waals surface area contributed by atoms with Gasteiger partial charge in [-0.3, -0.25) is 4.79 Å². The van der Waals surface area contributed by atoms with Crippen molar-refractivity contribution in [2.24, 2.45) is 0 Å². The summed E-state index contributed by atoms with van der Waals surface area (Å²) in [4.78, 5) is 11.9. The van der Waals surface area contributed by atoms with E-state index in [0.29, 0.717) is 23.3 Å². The summed E-state index contributed by atoms with van der Waals surface area (Å²) in [5, 5.41) is 12.0. The Balaban J connectivity index is 2.07. The number of carbonyl (C=O) groups is 1. The maximum Gasteiger partial charge on any atom is 0.163 e. The molecule has 0 bridgehead atoms. The van der Waals surface area contributed by atoms with E-state index in [-0.39, 0.29) is 11.5 Å². The number of ether oxygens (including phenoxy) is 1. The van der Waals surface area contributed by atoms with Crippen LogP contribution in [0.2, 0.25) is 0 Å². The standard InChI is InChI=1S/C20H17BrO3/c1-12-10-14-7-5-9-17(19(14)20(23)18(12)13(2)22)24-11-15-6-3-4-8-16(15)21/h3-10,23H,11H2,1-2H3. The lowest BCUT2D eigenvalue weighted by Gasteiger charge is -2.14. The van der Waals surface area contributed by atoms with Gasteiger partial charge in [0.2, 0.25) is 0 Å². The van der Waals surface area contributed by atoms with Crippen LogP contribution in [0.5, 0.6) is 11.5 Å². The highest BCUT2D eigenvalue weighted by Crippen LogP contribution is 2.38. The van der Waals surface area contributed by atoms with Gasteiger partial charge in [0.15, 0.2) is 5.78 Å². The van der Waals surface area contributed by atoms with Crippen LogP contribution in [-0.4, -0.2) is 10.9 Å². The monoisotopic (exact) mass is 384 g/mol. The second-order valence-corrected chi connectivity index (χ2v) is 6.56. The SMILES string of the molecule is CC(=O)c1c(C)cc2cccc(OCc3ccccc3Br)c2c1O. The van der Waals surface area contributed by atoms with E-state index < -0.39 is 0 Å². The van der Waals surface area contributed by atoms with Crippen LogP contribution in [0.1, 0.15) is 28.4 Å². The molecule has 0 aliphatic heterocycles. The molecule has 0 saturated heterocycles. The molecule has 3 nitrogen and oxygen atoms in total. The summed E-state index contributed by atoms with van der Waals surface area (Å²) >= 11 is 3.50. The topological polar surface area (TPSA) is 46.5 Å². The molecule has 1 N–H and O–H groups in total. The van der Waals surface area contributed by atoms with Crippen LogP contribution in [0.15, 0.2) is 53.0 Å². The number of fused-ring (bicyclic) bond motifs is 1. The first-order valence-electron chi connectivity index (χ1n) is 7.61. The molecule has 0 atom stereocenters. The number of phenols is 1. The Bertz CT molecular complexity index is 932. The Morgan fingerprint density at radius 1 is 1.17 bits per heavy atom. The number of phenolic OH excluding ortho intramolecular Hbond substituents is 1. The normalized spacial score (nSPS) is 10.8. The van der Waals surface area contributed by atoms with E-state index in [1.165, 1.54) is 6.92 Å². The molecule has 0 aromatic heterocycles. The Labute approximate surface area is 149 Å². The number of rotatable bonds is 4. The fourth-order valence-electron chi connectivity index (χ4n) is 2.87. The number of aromatic hydroxyl groups is 1. The third-order valence-electron chi connectivity index (χ3n) is 3.99. The molecule has 0 spiro atoms. The Morgan fingerprint density at radius 2 is 1.92 bits per heavy atom. The summed E-state index contributed by atoms with van der Waals surface area (Å²) < 4.78 is 6.91. The summed E-state index contributed by atoms with van der Waals surface area (Å²) in [5.74, 6) is 0.385. The van der Waals surface area contributed by atoms with Gasteiger partial charge in [0.1, 0.15) is 18.1 Å². The predicted molar refractivity (Wildman–Crippen MR) is 98.8 cm³/mol. The molecule has 0 fully saturated rings. The van der Waals surface area contributed by atoms with Crippen LogP contribution >= 0.6 is 15.9 Å². The van der Waals surface area contributed by atoms with Gasteiger partial charge in [-0.05, 0) is 36.9 Å². The van der Waals surface area contributed by atoms with E-state index in [2.05, 4.69) is 15.9 Å². The summed E-state index contributed by atoms with van der Waals surface area (Å²) in [5.41, 5.74) is 2.11. The second kappa shape index (κ2) is 6.65. The number of hydrogen-bond donors (Lipinski definition) is 1. The van der Waals surface area contributed by atoms with Crippen molar-refractivity contribution < 1.29 is 14.6 Å². The Morgan fingerprint density at radius 3 is 2.62 bits per heavy atom. The summed E-state index contributed by atoms with van der Waals surface area (Å²) in [6, 6.07) is 15.3. The first kappa shape index (κ1) is 16.5. The summed E-state index contributed by atoms with van der Waals surface area (Å²) in [7, 11) is 0. The number of Topliss-reactive ketones (excluding diaryl/α,β-unsaturated/α-hetero) is 1. The van der Waals surface area contributed by atoms with Crippen molar-refractivity contribution in [1.29, 1.82) is 0 Å². The smallest absolute Gasteiger partial charge is 0.163 e. The van der Waals surface area contributed by atoms with Gasteiger partial charge in [0, 0.05) is 10.0 Å². The molecule has 0 radical (unpaired) electrons. The van der Waals surface area contributed by atoms with Crippen molar-refractivity contribution in [2.45, 2.75) is 20.5 Å². The molecular weight excluding hydrogens is 368 g/mol. The van der Waals surface area contributed by atoms with Crippen molar-refractivity contribution in [2.75, 3.05) is 0 Å². The van der Waals surface area contributed by atoms with Crippen LogP contribution in [0, 0.1) is 6.92 Å². The predicted octanol–water partition coefficient (Wildman–Crippen LogP) is 5.40. The number of halogens is 1. The third-order valence-corrected chi connectivity index (χ3v) is 4.77. The Hall–Kier alpha value is -2.33. The zero-order valence-electron chi connectivity index (χ0n) is 13.5. The highest BCUT2D eigenvalue weighted by Gasteiger charge is 2.17. The van der Waals surface area contributed by atoms with E-state index in [0.717, 1.165) is 21.0 Å². The lowest BCUT2D eigenvalue weighted by molar-refractivity contribution is 0.101. The highest BCUT2D eigenvalue weighted by molar-refractivity contribution is 9.10. The molecule has 3 aromatic rings. The number of hydrogen-bond acceptors (Lipinski definition) is 3. The second-order valence-electron chi connectivity index (χ2n) is 5.71. The van der Waals surface area contributed by atoms with Crippen LogP contribution in [0.25, 0.3) is 10.8 Å². The molecule has 0 aliphatic rings. The Kier molecular flexibility index (Phi) is 4.58. The first-order chi connectivity index (χ1) is 11.5. The number of aryl methyl sites for hydroxylation is 1. The molecule has 0 aliphatic carbocycles. The summed E-state index contributed by atoms with van der Waals surface area (Å²) in [6.45, 7) is 3.65. The minimum atomic E-state index is -0.160. The van der Waals surface area contributed by atoms with Gasteiger partial charge < -0.3 is 9.84 Å². The molecule has 24 heavy (non-hydrogen) atoms. The van der Waals surface area contributed by atoms with Crippen LogP contribution < -0.4 is 4.74 Å². The number of ketones is 1. The molecular formula is C20H17BrO3. The molecule has 4 heteroatoms. The maximum atomic E-state index is 11.9. The summed E-state index contributed by atoms with van der Waals surface area (Å²) in [6.07, 6.45) is 0. The molecule has 0 saturated carbocycles. The average Bonchev–Trinajstić information content (AvgIpc) is 2.53. The first-order valence-corrected chi connectivity index (χ1v) is 8.40. The quantitative estimate of drug-likeness (QED) is 0.612. The number of benzene rings is 3. The van der Waals surface area contributed by atoms with Crippen molar-refractivity contribution in [3.8, 4) is 11.5 Å². The van der Waals surface area contributed by atoms with Gasteiger partial charge in [0.25, 0.3) is 0 Å². The molecule has 0 unspecified atom stereocenters. The highest BCUT2D eigenvalue weighted by atomic mass is 79.9. The van der Waals surface area contributed by atoms with E-state index >= 15 is 0 Å². The lowest BCUT2D eigenvalue weighted by Crippen LogP contribution is -2.00. The zero-order valence-corrected chi connectivity index (χ0v) is 15.1. The molecule has 122 valence electrons. The number of carbonyl (C=O) groups excluding carboxylic acids is 1. The van der Waals surface area contributed by atoms with Gasteiger partial charge in [-0.25, -0.2) is 0 Å². The molecule has 3 aromatic carbocycles. The van der Waals surface area contributed by atoms with Gasteiger partial charge in [0.05, 0.1) is 10.9 Å². The van der Waals surface area contributed by atoms with Crippen molar-refractivity contribution in [3.05, 3.63) is 69.7 Å². The average molecular weight is 385 g/mol. The van der Waals surface area contributed by atoms with Crippen LogP contribution in [-0.2, 0) is 6.61 Å². The van der Waals surface area contributed by atoms with E-state index in [1.807, 2.05) is 49.4 Å². The largest absolute Gasteiger partial charge is 0.506 e. The molecule has 3 rings (SSSR count).